The molecule has 272 valence electrons. The predicted molar refractivity (Wildman–Crippen MR) is 188 cm³/mol. The van der Waals surface area contributed by atoms with Crippen LogP contribution in [-0.4, -0.2) is 89.5 Å². The second-order valence-corrected chi connectivity index (χ2v) is 14.5. The second-order valence-electron chi connectivity index (χ2n) is 13.7. The molecule has 2 aromatic heterocycles. The number of methoxy groups -OCH3 is 2. The number of aryl methyl sites for hydroxylation is 1. The summed E-state index contributed by atoms with van der Waals surface area (Å²) in [6, 6.07) is 2.04. The molecule has 0 spiro atoms. The van der Waals surface area contributed by atoms with E-state index in [9.17, 15) is 14.7 Å². The number of carbonyl (C=O) groups excluding carboxylic acids is 2. The lowest BCUT2D eigenvalue weighted by Gasteiger charge is -2.42. The lowest BCUT2D eigenvalue weighted by atomic mass is 9.83. The molecular formula is C37H55N3O8S. The fourth-order valence-corrected chi connectivity index (χ4v) is 7.49. The molecule has 1 fully saturated rings. The number of thiophene rings is 1. The maximum absolute atomic E-state index is 13.4. The Labute approximate surface area is 295 Å². The first-order chi connectivity index (χ1) is 23.5. The Balaban J connectivity index is 1.48. The predicted octanol–water partition coefficient (Wildman–Crippen LogP) is 6.02. The van der Waals surface area contributed by atoms with Crippen molar-refractivity contribution >= 4 is 23.1 Å². The standard InChI is InChI=1S/C37H55N3O8S/c1-8-32-29(21-46-37-36(45-7)35(44-6)34(43)26(5)47-37)18-24(3)9-11-31(41)25(4)19-27(17-23(2)10-12-33(42)48-32)13-15-40-20-30(38-39-40)28-14-16-49-22-28/h9,11,14,16,18,20,22-23,25-27,29,32,34-37,43H,8,10,12-13,15,17,19,21H2,1-7H3/b11-9+,24-18+/t23-,25+,26?,27+,29+,32+,34+,35-,36?,37+/m0/s1. The highest BCUT2D eigenvalue weighted by molar-refractivity contribution is 7.08. The topological polar surface area (TPSA) is 131 Å². The van der Waals surface area contributed by atoms with Crippen molar-refractivity contribution < 1.29 is 38.4 Å². The molecule has 2 aromatic rings. The quantitative estimate of drug-likeness (QED) is 0.294. The van der Waals surface area contributed by atoms with E-state index in [1.54, 1.807) is 24.3 Å². The van der Waals surface area contributed by atoms with Gasteiger partial charge in [0, 0.05) is 50.0 Å². The number of ether oxygens (including phenoxy) is 5. The summed E-state index contributed by atoms with van der Waals surface area (Å²) in [6.45, 7) is 10.7. The molecule has 10 atom stereocenters. The van der Waals surface area contributed by atoms with Crippen molar-refractivity contribution in [2.45, 2.75) is 116 Å². The smallest absolute Gasteiger partial charge is 0.306 e. The van der Waals surface area contributed by atoms with E-state index in [2.05, 4.69) is 22.6 Å². The molecule has 4 rings (SSSR count). The van der Waals surface area contributed by atoms with Gasteiger partial charge in [0.15, 0.2) is 12.1 Å². The van der Waals surface area contributed by atoms with E-state index in [4.69, 9.17) is 23.7 Å². The fourth-order valence-electron chi connectivity index (χ4n) is 6.84. The molecule has 1 saturated heterocycles. The van der Waals surface area contributed by atoms with Gasteiger partial charge in [-0.3, -0.25) is 14.3 Å². The summed E-state index contributed by atoms with van der Waals surface area (Å²) in [6.07, 6.45) is 7.62. The fraction of sp³-hybridized carbons (Fsp3) is 0.676. The minimum absolute atomic E-state index is 0.0842. The Morgan fingerprint density at radius 3 is 2.57 bits per heavy atom. The number of aromatic nitrogens is 3. The van der Waals surface area contributed by atoms with Crippen LogP contribution in [0, 0.1) is 23.7 Å². The van der Waals surface area contributed by atoms with Gasteiger partial charge in [0.2, 0.25) is 0 Å². The summed E-state index contributed by atoms with van der Waals surface area (Å²) in [5.41, 5.74) is 2.78. The Hall–Kier alpha value is -2.74. The first-order valence-electron chi connectivity index (χ1n) is 17.6. The highest BCUT2D eigenvalue weighted by Crippen LogP contribution is 2.30. The lowest BCUT2D eigenvalue weighted by Crippen LogP contribution is -2.59. The summed E-state index contributed by atoms with van der Waals surface area (Å²) in [5.74, 6) is -0.0772. The molecule has 0 aromatic carbocycles. The molecule has 49 heavy (non-hydrogen) atoms. The third-order valence-corrected chi connectivity index (χ3v) is 10.5. The zero-order valence-electron chi connectivity index (χ0n) is 30.0. The highest BCUT2D eigenvalue weighted by atomic mass is 32.1. The van der Waals surface area contributed by atoms with Gasteiger partial charge < -0.3 is 28.8 Å². The molecule has 11 nitrogen and oxygen atoms in total. The van der Waals surface area contributed by atoms with E-state index in [1.807, 2.05) is 55.2 Å². The average Bonchev–Trinajstić information content (AvgIpc) is 3.79. The largest absolute Gasteiger partial charge is 0.462 e. The van der Waals surface area contributed by atoms with E-state index in [0.29, 0.717) is 25.8 Å². The molecule has 0 saturated carbocycles. The molecule has 2 unspecified atom stereocenters. The number of rotatable bonds is 10. The number of aliphatic hydroxyl groups excluding tert-OH is 1. The monoisotopic (exact) mass is 701 g/mol. The molecule has 1 N–H and O–H groups in total. The zero-order chi connectivity index (χ0) is 35.5. The maximum atomic E-state index is 13.4. The summed E-state index contributed by atoms with van der Waals surface area (Å²) >= 11 is 1.63. The molecule has 12 heteroatoms. The molecule has 0 amide bonds. The number of cyclic esters (lactones) is 1. The van der Waals surface area contributed by atoms with Crippen LogP contribution in [0.4, 0.5) is 0 Å². The zero-order valence-corrected chi connectivity index (χ0v) is 30.8. The van der Waals surface area contributed by atoms with Crippen LogP contribution in [0.25, 0.3) is 11.3 Å². The molecule has 0 radical (unpaired) electrons. The number of aliphatic hydroxyl groups is 1. The van der Waals surface area contributed by atoms with Gasteiger partial charge in [-0.1, -0.05) is 43.7 Å². The highest BCUT2D eigenvalue weighted by Gasteiger charge is 2.45. The molecule has 0 aliphatic carbocycles. The van der Waals surface area contributed by atoms with E-state index in [1.165, 1.54) is 14.2 Å². The van der Waals surface area contributed by atoms with E-state index in [-0.39, 0.29) is 42.0 Å². The van der Waals surface area contributed by atoms with Crippen LogP contribution in [0.3, 0.4) is 0 Å². The van der Waals surface area contributed by atoms with Crippen LogP contribution in [0.5, 0.6) is 0 Å². The molecule has 4 heterocycles. The third-order valence-electron chi connectivity index (χ3n) is 9.78. The minimum atomic E-state index is -0.870. The van der Waals surface area contributed by atoms with E-state index < -0.39 is 36.8 Å². The Kier molecular flexibility index (Phi) is 15.2. The number of hydrogen-bond acceptors (Lipinski definition) is 11. The van der Waals surface area contributed by atoms with Gasteiger partial charge in [0.25, 0.3) is 0 Å². The van der Waals surface area contributed by atoms with Crippen molar-refractivity contribution in [2.24, 2.45) is 23.7 Å². The van der Waals surface area contributed by atoms with E-state index >= 15 is 0 Å². The van der Waals surface area contributed by atoms with Crippen LogP contribution in [0.15, 0.2) is 46.8 Å². The van der Waals surface area contributed by atoms with Crippen molar-refractivity contribution in [2.75, 3.05) is 20.8 Å². The Bertz CT molecular complexity index is 1380. The van der Waals surface area contributed by atoms with Crippen molar-refractivity contribution in [1.82, 2.24) is 15.0 Å². The summed E-state index contributed by atoms with van der Waals surface area (Å²) < 4.78 is 31.3. The maximum Gasteiger partial charge on any atom is 0.306 e. The number of allylic oxidation sites excluding steroid dienone is 3. The molecule has 2 aliphatic heterocycles. The van der Waals surface area contributed by atoms with Gasteiger partial charge in [-0.15, -0.1) is 5.10 Å². The van der Waals surface area contributed by atoms with E-state index in [0.717, 1.165) is 36.1 Å². The van der Waals surface area contributed by atoms with Crippen LogP contribution in [0.1, 0.15) is 73.1 Å². The van der Waals surface area contributed by atoms with Crippen molar-refractivity contribution in [1.29, 1.82) is 0 Å². The van der Waals surface area contributed by atoms with Gasteiger partial charge >= 0.3 is 5.97 Å². The molecule has 0 bridgehead atoms. The van der Waals surface area contributed by atoms with Gasteiger partial charge in [-0.2, -0.15) is 11.3 Å². The van der Waals surface area contributed by atoms with Crippen molar-refractivity contribution in [3.63, 3.8) is 0 Å². The normalized spacial score (nSPS) is 34.2. The first kappa shape index (κ1) is 39.1. The number of hydrogen-bond donors (Lipinski definition) is 1. The summed E-state index contributed by atoms with van der Waals surface area (Å²) in [4.78, 5) is 26.6. The van der Waals surface area contributed by atoms with Crippen LogP contribution in [0.2, 0.25) is 0 Å². The van der Waals surface area contributed by atoms with Gasteiger partial charge in [0.05, 0.1) is 18.9 Å². The Morgan fingerprint density at radius 2 is 1.88 bits per heavy atom. The first-order valence-corrected chi connectivity index (χ1v) is 18.5. The third kappa shape index (κ3) is 11.1. The molecule has 2 aliphatic rings. The van der Waals surface area contributed by atoms with Crippen molar-refractivity contribution in [3.05, 3.63) is 46.8 Å². The minimum Gasteiger partial charge on any atom is -0.462 e. The average molecular weight is 702 g/mol. The number of nitrogens with zero attached hydrogens (tertiary/aromatic N) is 3. The SMILES string of the molecule is CC[C@H]1OC(=O)CC[C@H](C)C[C@@H](CCn2cc(-c3ccsc3)nn2)C[C@@H](C)C(=O)/C=C/C(C)=C/[C@@H]1CO[C@@H]1OC(C)[C@@H](O)[C@H](OC)C1OC. The van der Waals surface area contributed by atoms with Crippen LogP contribution < -0.4 is 0 Å². The van der Waals surface area contributed by atoms with Crippen molar-refractivity contribution in [3.8, 4) is 11.3 Å². The van der Waals surface area contributed by atoms with Gasteiger partial charge in [0.1, 0.15) is 30.1 Å². The number of carbonyl (C=O) groups is 2. The molecular weight excluding hydrogens is 646 g/mol. The van der Waals surface area contributed by atoms with Crippen LogP contribution >= 0.6 is 11.3 Å². The van der Waals surface area contributed by atoms with Gasteiger partial charge in [-0.05, 0) is 75.3 Å². The summed E-state index contributed by atoms with van der Waals surface area (Å²) in [7, 11) is 3.04. The second kappa shape index (κ2) is 19.0. The number of esters is 1. The lowest BCUT2D eigenvalue weighted by molar-refractivity contribution is -0.304. The van der Waals surface area contributed by atoms with Crippen LogP contribution in [-0.2, 0) is 39.8 Å². The van der Waals surface area contributed by atoms with Gasteiger partial charge in [-0.25, -0.2) is 0 Å². The number of ketones is 1. The Morgan fingerprint density at radius 1 is 1.10 bits per heavy atom. The summed E-state index contributed by atoms with van der Waals surface area (Å²) in [5, 5.41) is 23.3.